The van der Waals surface area contributed by atoms with Crippen molar-refractivity contribution in [3.63, 3.8) is 0 Å². The Morgan fingerprint density at radius 2 is 1.62 bits per heavy atom. The molecule has 0 aliphatic heterocycles. The van der Waals surface area contributed by atoms with Crippen molar-refractivity contribution in [1.82, 2.24) is 0 Å². The van der Waals surface area contributed by atoms with Crippen LogP contribution in [0.15, 0.2) is 0 Å². The van der Waals surface area contributed by atoms with Crippen molar-refractivity contribution in [3.05, 3.63) is 0 Å². The van der Waals surface area contributed by atoms with Crippen LogP contribution in [0.1, 0.15) is 32.1 Å². The number of hydrogen-bond donors (Lipinski definition) is 3. The molecule has 0 unspecified atom stereocenters. The Morgan fingerprint density at radius 1 is 1.08 bits per heavy atom. The van der Waals surface area contributed by atoms with Gasteiger partial charge >= 0.3 is 7.82 Å². The molecule has 0 saturated carbocycles. The highest BCUT2D eigenvalue weighted by atomic mass is 31.2. The van der Waals surface area contributed by atoms with Crippen molar-refractivity contribution < 1.29 is 18.9 Å². The van der Waals surface area contributed by atoms with E-state index in [0.717, 1.165) is 25.7 Å². The van der Waals surface area contributed by atoms with E-state index in [-0.39, 0.29) is 6.61 Å². The first-order chi connectivity index (χ1) is 6.06. The second kappa shape index (κ2) is 7.47. The first kappa shape index (κ1) is 13.1. The van der Waals surface area contributed by atoms with Crippen LogP contribution in [0.3, 0.4) is 0 Å². The predicted octanol–water partition coefficient (Wildman–Crippen LogP) is 1.00. The third-order valence-corrected chi connectivity index (χ3v) is 2.13. The zero-order valence-corrected chi connectivity index (χ0v) is 8.58. The Balaban J connectivity index is 3.04. The average Bonchev–Trinajstić information content (AvgIpc) is 2.01. The Labute approximate surface area is 78.5 Å². The Bertz CT molecular complexity index is 159. The van der Waals surface area contributed by atoms with Gasteiger partial charge in [-0.25, -0.2) is 4.57 Å². The highest BCUT2D eigenvalue weighted by Gasteiger charge is 2.12. The molecule has 0 aromatic heterocycles. The maximum atomic E-state index is 10.2. The molecule has 0 fully saturated rings. The zero-order valence-electron chi connectivity index (χ0n) is 7.69. The van der Waals surface area contributed by atoms with Gasteiger partial charge in [0.05, 0.1) is 6.61 Å². The second-order valence-corrected chi connectivity index (χ2v) is 4.12. The topological polar surface area (TPSA) is 92.8 Å². The van der Waals surface area contributed by atoms with Gasteiger partial charge in [0.2, 0.25) is 0 Å². The molecule has 0 aromatic rings. The minimum absolute atomic E-state index is 0.132. The van der Waals surface area contributed by atoms with Crippen molar-refractivity contribution in [2.24, 2.45) is 5.73 Å². The fourth-order valence-corrected chi connectivity index (χ4v) is 1.33. The van der Waals surface area contributed by atoms with Gasteiger partial charge in [-0.1, -0.05) is 19.3 Å². The van der Waals surface area contributed by atoms with Gasteiger partial charge in [-0.15, -0.1) is 0 Å². The van der Waals surface area contributed by atoms with Gasteiger partial charge in [0, 0.05) is 0 Å². The molecule has 0 aromatic carbocycles. The molecule has 13 heavy (non-hydrogen) atoms. The molecular formula is C7H18NO4P. The van der Waals surface area contributed by atoms with E-state index >= 15 is 0 Å². The molecule has 0 saturated heterocycles. The molecule has 0 rings (SSSR count). The van der Waals surface area contributed by atoms with Crippen LogP contribution in [0, 0.1) is 0 Å². The molecule has 0 amide bonds. The van der Waals surface area contributed by atoms with E-state index in [9.17, 15) is 4.57 Å². The summed E-state index contributed by atoms with van der Waals surface area (Å²) in [5, 5.41) is 0. The first-order valence-corrected chi connectivity index (χ1v) is 5.99. The molecule has 5 nitrogen and oxygen atoms in total. The number of unbranched alkanes of at least 4 members (excludes halogenated alkanes) is 4. The summed E-state index contributed by atoms with van der Waals surface area (Å²) in [5.74, 6) is 0. The van der Waals surface area contributed by atoms with Gasteiger partial charge in [-0.05, 0) is 19.4 Å². The monoisotopic (exact) mass is 211 g/mol. The lowest BCUT2D eigenvalue weighted by Gasteiger charge is -2.04. The minimum atomic E-state index is -4.25. The van der Waals surface area contributed by atoms with Crippen LogP contribution >= 0.6 is 7.82 Å². The van der Waals surface area contributed by atoms with E-state index in [1.165, 1.54) is 0 Å². The van der Waals surface area contributed by atoms with Crippen LogP contribution < -0.4 is 5.73 Å². The van der Waals surface area contributed by atoms with Crippen molar-refractivity contribution in [2.75, 3.05) is 13.2 Å². The highest BCUT2D eigenvalue weighted by molar-refractivity contribution is 7.46. The van der Waals surface area contributed by atoms with E-state index in [1.807, 2.05) is 0 Å². The molecule has 4 N–H and O–H groups in total. The fraction of sp³-hybridized carbons (Fsp3) is 1.00. The Kier molecular flexibility index (Phi) is 7.51. The summed E-state index contributed by atoms with van der Waals surface area (Å²) in [6, 6.07) is 0. The predicted molar refractivity (Wildman–Crippen MR) is 50.1 cm³/mol. The van der Waals surface area contributed by atoms with Gasteiger partial charge in [-0.2, -0.15) is 0 Å². The summed E-state index contributed by atoms with van der Waals surface area (Å²) >= 11 is 0. The minimum Gasteiger partial charge on any atom is -0.330 e. The number of phosphoric acid groups is 1. The maximum Gasteiger partial charge on any atom is 0.469 e. The lowest BCUT2D eigenvalue weighted by atomic mass is 10.1. The average molecular weight is 211 g/mol. The molecule has 6 heteroatoms. The largest absolute Gasteiger partial charge is 0.469 e. The Morgan fingerprint density at radius 3 is 2.15 bits per heavy atom. The summed E-state index contributed by atoms with van der Waals surface area (Å²) in [4.78, 5) is 16.7. The van der Waals surface area contributed by atoms with Crippen molar-refractivity contribution >= 4 is 7.82 Å². The van der Waals surface area contributed by atoms with Gasteiger partial charge in [-0.3, -0.25) is 4.52 Å². The lowest BCUT2D eigenvalue weighted by Crippen LogP contribution is -1.98. The Hall–Kier alpha value is 0.0700. The second-order valence-electron chi connectivity index (χ2n) is 2.88. The smallest absolute Gasteiger partial charge is 0.330 e. The summed E-state index contributed by atoms with van der Waals surface area (Å²) < 4.78 is 14.5. The highest BCUT2D eigenvalue weighted by Crippen LogP contribution is 2.35. The molecule has 0 spiro atoms. The first-order valence-electron chi connectivity index (χ1n) is 4.46. The molecule has 0 aliphatic rings. The molecule has 0 heterocycles. The fourth-order valence-electron chi connectivity index (χ4n) is 0.960. The van der Waals surface area contributed by atoms with E-state index in [0.29, 0.717) is 13.0 Å². The number of rotatable bonds is 8. The maximum absolute atomic E-state index is 10.2. The number of phosphoric ester groups is 1. The van der Waals surface area contributed by atoms with E-state index < -0.39 is 7.82 Å². The van der Waals surface area contributed by atoms with E-state index in [4.69, 9.17) is 15.5 Å². The lowest BCUT2D eigenvalue weighted by molar-refractivity contribution is 0.193. The summed E-state index contributed by atoms with van der Waals surface area (Å²) in [7, 11) is -4.25. The quantitative estimate of drug-likeness (QED) is 0.411. The van der Waals surface area contributed by atoms with Crippen LogP contribution in [0.25, 0.3) is 0 Å². The van der Waals surface area contributed by atoms with Crippen LogP contribution in [0.2, 0.25) is 0 Å². The summed E-state index contributed by atoms with van der Waals surface area (Å²) in [5.41, 5.74) is 5.30. The van der Waals surface area contributed by atoms with E-state index in [2.05, 4.69) is 4.52 Å². The molecule has 0 radical (unpaired) electrons. The van der Waals surface area contributed by atoms with Crippen molar-refractivity contribution in [3.8, 4) is 0 Å². The normalized spacial score (nSPS) is 11.9. The van der Waals surface area contributed by atoms with Crippen LogP contribution in [-0.2, 0) is 9.09 Å². The molecule has 0 bridgehead atoms. The SMILES string of the molecule is NCCCCCCCOP(=O)(O)O. The summed E-state index contributed by atoms with van der Waals surface area (Å²) in [6.45, 7) is 0.839. The van der Waals surface area contributed by atoms with Crippen LogP contribution in [-0.4, -0.2) is 22.9 Å². The third kappa shape index (κ3) is 12.1. The summed E-state index contributed by atoms with van der Waals surface area (Å²) in [6.07, 6.45) is 4.75. The number of nitrogens with two attached hydrogens (primary N) is 1. The van der Waals surface area contributed by atoms with Crippen LogP contribution in [0.4, 0.5) is 0 Å². The van der Waals surface area contributed by atoms with Gasteiger partial charge in [0.15, 0.2) is 0 Å². The van der Waals surface area contributed by atoms with E-state index in [1.54, 1.807) is 0 Å². The molecule has 0 atom stereocenters. The van der Waals surface area contributed by atoms with Crippen molar-refractivity contribution in [2.45, 2.75) is 32.1 Å². The molecule has 0 aliphatic carbocycles. The van der Waals surface area contributed by atoms with Gasteiger partial charge < -0.3 is 15.5 Å². The van der Waals surface area contributed by atoms with Gasteiger partial charge in [0.1, 0.15) is 0 Å². The third-order valence-electron chi connectivity index (χ3n) is 1.61. The molecular weight excluding hydrogens is 193 g/mol. The number of hydrogen-bond acceptors (Lipinski definition) is 3. The van der Waals surface area contributed by atoms with Crippen LogP contribution in [0.5, 0.6) is 0 Å². The molecule has 80 valence electrons. The van der Waals surface area contributed by atoms with Crippen molar-refractivity contribution in [1.29, 1.82) is 0 Å². The standard InChI is InChI=1S/C7H18NO4P/c8-6-4-2-1-3-5-7-12-13(9,10)11/h1-8H2,(H2,9,10,11). The van der Waals surface area contributed by atoms with Gasteiger partial charge in [0.25, 0.3) is 0 Å². The zero-order chi connectivity index (χ0) is 10.2.